The summed E-state index contributed by atoms with van der Waals surface area (Å²) in [5.41, 5.74) is 0.739. The van der Waals surface area contributed by atoms with E-state index >= 15 is 0 Å². The third-order valence-electron chi connectivity index (χ3n) is 4.89. The Morgan fingerprint density at radius 2 is 2.07 bits per heavy atom. The number of fused-ring (bicyclic) bond motifs is 1. The van der Waals surface area contributed by atoms with E-state index in [0.717, 1.165) is 0 Å². The molecule has 0 aromatic carbocycles. The van der Waals surface area contributed by atoms with Crippen LogP contribution in [0.25, 0.3) is 21.7 Å². The van der Waals surface area contributed by atoms with E-state index in [1.54, 1.807) is 29.2 Å². The van der Waals surface area contributed by atoms with Crippen LogP contribution in [-0.4, -0.2) is 44.0 Å². The van der Waals surface area contributed by atoms with E-state index in [1.807, 2.05) is 5.38 Å². The van der Waals surface area contributed by atoms with Gasteiger partial charge < -0.3 is 13.8 Å². The number of hydrogen-bond acceptors (Lipinski definition) is 8. The number of carbonyl (C=O) groups is 1. The second-order valence-electron chi connectivity index (χ2n) is 6.55. The zero-order valence-corrected chi connectivity index (χ0v) is 15.5. The summed E-state index contributed by atoms with van der Waals surface area (Å²) in [6.07, 6.45) is 2.78. The lowest BCUT2D eigenvalue weighted by Crippen LogP contribution is -2.41. The molecule has 0 saturated carbocycles. The van der Waals surface area contributed by atoms with E-state index in [0.29, 0.717) is 47.7 Å². The number of amides is 1. The summed E-state index contributed by atoms with van der Waals surface area (Å²) < 4.78 is 12.5. The van der Waals surface area contributed by atoms with Gasteiger partial charge in [-0.1, -0.05) is 10.4 Å². The first kappa shape index (κ1) is 16.9. The van der Waals surface area contributed by atoms with Crippen LogP contribution in [0.1, 0.15) is 29.4 Å². The third kappa shape index (κ3) is 2.82. The van der Waals surface area contributed by atoms with Crippen LogP contribution >= 0.6 is 11.3 Å². The maximum absolute atomic E-state index is 12.7. The van der Waals surface area contributed by atoms with Gasteiger partial charge in [-0.25, -0.2) is 4.68 Å². The van der Waals surface area contributed by atoms with Crippen molar-refractivity contribution in [3.8, 4) is 11.5 Å². The maximum Gasteiger partial charge on any atom is 0.287 e. The van der Waals surface area contributed by atoms with Crippen molar-refractivity contribution >= 4 is 27.5 Å². The van der Waals surface area contributed by atoms with Crippen LogP contribution in [0.5, 0.6) is 0 Å². The third-order valence-corrected chi connectivity index (χ3v) is 5.78. The van der Waals surface area contributed by atoms with Gasteiger partial charge in [0.25, 0.3) is 11.5 Å². The SMILES string of the molecule is O=C(c1cc(-c2ccco2)on1)N1CCC(n2nnc3ccsc3c2=O)CC1. The van der Waals surface area contributed by atoms with Crippen LogP contribution < -0.4 is 5.56 Å². The minimum absolute atomic E-state index is 0.0773. The molecule has 0 N–H and O–H groups in total. The molecule has 1 amide bonds. The van der Waals surface area contributed by atoms with Gasteiger partial charge in [0.1, 0.15) is 10.2 Å². The molecule has 1 aliphatic rings. The zero-order valence-electron chi connectivity index (χ0n) is 14.6. The summed E-state index contributed by atoms with van der Waals surface area (Å²) in [4.78, 5) is 27.0. The Kier molecular flexibility index (Phi) is 4.05. The Hall–Kier alpha value is -3.27. The highest BCUT2D eigenvalue weighted by Gasteiger charge is 2.28. The van der Waals surface area contributed by atoms with Crippen LogP contribution in [0.2, 0.25) is 0 Å². The Balaban J connectivity index is 1.29. The van der Waals surface area contributed by atoms with E-state index in [9.17, 15) is 9.59 Å². The molecule has 5 rings (SSSR count). The Morgan fingerprint density at radius 3 is 2.86 bits per heavy atom. The largest absolute Gasteiger partial charge is 0.461 e. The normalized spacial score (nSPS) is 15.4. The standard InChI is InChI=1S/C18H15N5O4S/c24-17(13-10-15(27-20-13)14-2-1-8-26-14)22-6-3-11(4-7-22)23-18(25)16-12(19-21-23)5-9-28-16/h1-2,5,8-11H,3-4,6-7H2. The number of rotatable bonds is 3. The molecule has 4 aromatic heterocycles. The number of likely N-dealkylation sites (tertiary alicyclic amines) is 1. The first-order valence-corrected chi connectivity index (χ1v) is 9.71. The number of carbonyl (C=O) groups excluding carboxylic acids is 1. The van der Waals surface area contributed by atoms with E-state index in [-0.39, 0.29) is 23.2 Å². The molecule has 4 aromatic rings. The Bertz CT molecular complexity index is 1180. The van der Waals surface area contributed by atoms with Gasteiger partial charge >= 0.3 is 0 Å². The van der Waals surface area contributed by atoms with Crippen molar-refractivity contribution in [2.24, 2.45) is 0 Å². The van der Waals surface area contributed by atoms with Crippen molar-refractivity contribution < 1.29 is 13.7 Å². The van der Waals surface area contributed by atoms with Crippen LogP contribution in [0.15, 0.2) is 49.6 Å². The lowest BCUT2D eigenvalue weighted by Gasteiger charge is -2.31. The molecule has 0 aliphatic carbocycles. The van der Waals surface area contributed by atoms with E-state index in [2.05, 4.69) is 15.5 Å². The van der Waals surface area contributed by atoms with Gasteiger partial charge in [0.2, 0.25) is 5.76 Å². The predicted molar refractivity (Wildman–Crippen MR) is 100 cm³/mol. The van der Waals surface area contributed by atoms with Gasteiger partial charge in [0.05, 0.1) is 12.3 Å². The molecule has 0 spiro atoms. The number of nitrogens with zero attached hydrogens (tertiary/aromatic N) is 5. The molecule has 1 fully saturated rings. The molecule has 1 aliphatic heterocycles. The molecule has 5 heterocycles. The van der Waals surface area contributed by atoms with Crippen molar-refractivity contribution in [1.82, 2.24) is 25.1 Å². The molecule has 142 valence electrons. The summed E-state index contributed by atoms with van der Waals surface area (Å²) in [5, 5.41) is 13.9. The minimum atomic E-state index is -0.202. The second-order valence-corrected chi connectivity index (χ2v) is 7.47. The highest BCUT2D eigenvalue weighted by atomic mass is 32.1. The highest BCUT2D eigenvalue weighted by molar-refractivity contribution is 7.17. The number of thiophene rings is 1. The topological polar surface area (TPSA) is 107 Å². The fourth-order valence-corrected chi connectivity index (χ4v) is 4.16. The fourth-order valence-electron chi connectivity index (χ4n) is 3.41. The lowest BCUT2D eigenvalue weighted by molar-refractivity contribution is 0.0676. The van der Waals surface area contributed by atoms with Crippen LogP contribution in [0.3, 0.4) is 0 Å². The van der Waals surface area contributed by atoms with Gasteiger partial charge in [-0.15, -0.1) is 16.4 Å². The molecule has 0 bridgehead atoms. The van der Waals surface area contributed by atoms with E-state index in [1.165, 1.54) is 22.3 Å². The van der Waals surface area contributed by atoms with Crippen molar-refractivity contribution in [3.63, 3.8) is 0 Å². The number of hydrogen-bond donors (Lipinski definition) is 0. The Morgan fingerprint density at radius 1 is 1.21 bits per heavy atom. The zero-order chi connectivity index (χ0) is 19.1. The molecule has 10 heteroatoms. The highest BCUT2D eigenvalue weighted by Crippen LogP contribution is 2.25. The van der Waals surface area contributed by atoms with Crippen molar-refractivity contribution in [1.29, 1.82) is 0 Å². The average molecular weight is 397 g/mol. The minimum Gasteiger partial charge on any atom is -0.461 e. The summed E-state index contributed by atoms with van der Waals surface area (Å²) >= 11 is 1.37. The maximum atomic E-state index is 12.7. The van der Waals surface area contributed by atoms with Gasteiger partial charge in [0, 0.05) is 19.2 Å². The van der Waals surface area contributed by atoms with E-state index < -0.39 is 0 Å². The fraction of sp³-hybridized carbons (Fsp3) is 0.278. The molecule has 1 saturated heterocycles. The van der Waals surface area contributed by atoms with Crippen LogP contribution in [0, 0.1) is 0 Å². The smallest absolute Gasteiger partial charge is 0.287 e. The summed E-state index contributed by atoms with van der Waals surface area (Å²) in [7, 11) is 0. The molecular formula is C18H15N5O4S. The molecule has 0 radical (unpaired) electrons. The summed E-state index contributed by atoms with van der Waals surface area (Å²) in [5.74, 6) is 0.730. The van der Waals surface area contributed by atoms with Crippen LogP contribution in [0.4, 0.5) is 0 Å². The van der Waals surface area contributed by atoms with Crippen molar-refractivity contribution in [2.75, 3.05) is 13.1 Å². The molecule has 0 unspecified atom stereocenters. The van der Waals surface area contributed by atoms with Gasteiger partial charge in [-0.2, -0.15) is 0 Å². The predicted octanol–water partition coefficient (Wildman–Crippen LogP) is 2.58. The number of aromatic nitrogens is 4. The Labute approximate surface area is 162 Å². The van der Waals surface area contributed by atoms with Gasteiger partial charge in [0.15, 0.2) is 11.5 Å². The first-order valence-electron chi connectivity index (χ1n) is 8.83. The van der Waals surface area contributed by atoms with Gasteiger partial charge in [-0.05, 0) is 36.4 Å². The molecule has 0 atom stereocenters. The second kappa shape index (κ2) is 6.71. The average Bonchev–Trinajstić information content (AvgIpc) is 3.49. The summed E-state index contributed by atoms with van der Waals surface area (Å²) in [6, 6.07) is 6.76. The lowest BCUT2D eigenvalue weighted by atomic mass is 10.0. The monoisotopic (exact) mass is 397 g/mol. The van der Waals surface area contributed by atoms with Crippen molar-refractivity contribution in [3.05, 3.63) is 52.0 Å². The quantitative estimate of drug-likeness (QED) is 0.523. The van der Waals surface area contributed by atoms with Crippen LogP contribution in [-0.2, 0) is 0 Å². The number of furan rings is 1. The van der Waals surface area contributed by atoms with Crippen molar-refractivity contribution in [2.45, 2.75) is 18.9 Å². The molecule has 9 nitrogen and oxygen atoms in total. The summed E-state index contributed by atoms with van der Waals surface area (Å²) in [6.45, 7) is 1.01. The van der Waals surface area contributed by atoms with Gasteiger partial charge in [-0.3, -0.25) is 9.59 Å². The molecule has 28 heavy (non-hydrogen) atoms. The van der Waals surface area contributed by atoms with E-state index in [4.69, 9.17) is 8.94 Å². The number of piperidine rings is 1. The first-order chi connectivity index (χ1) is 13.7. The molecular weight excluding hydrogens is 382 g/mol.